The molecule has 2 aromatic rings. The van der Waals surface area contributed by atoms with Crippen molar-refractivity contribution in [1.82, 2.24) is 0 Å². The second-order valence-corrected chi connectivity index (χ2v) is 3.89. The molecule has 0 saturated carbocycles. The highest BCUT2D eigenvalue weighted by atomic mass is 35.5. The van der Waals surface area contributed by atoms with Gasteiger partial charge in [0.2, 0.25) is 0 Å². The molecule has 0 aromatic heterocycles. The van der Waals surface area contributed by atoms with Gasteiger partial charge in [-0.05, 0) is 48.9 Å². The van der Waals surface area contributed by atoms with Crippen LogP contribution in [-0.4, -0.2) is 0 Å². The summed E-state index contributed by atoms with van der Waals surface area (Å²) in [5, 5.41) is 0.729. The van der Waals surface area contributed by atoms with Gasteiger partial charge in [0.15, 0.2) is 0 Å². The van der Waals surface area contributed by atoms with Crippen molar-refractivity contribution < 1.29 is 0 Å². The second-order valence-electron chi connectivity index (χ2n) is 3.45. The summed E-state index contributed by atoms with van der Waals surface area (Å²) in [6, 6.07) is 15.3. The monoisotopic (exact) mass is 225 g/mol. The van der Waals surface area contributed by atoms with Crippen LogP contribution in [0.1, 0.15) is 16.7 Å². The molecule has 0 nitrogen and oxygen atoms in total. The lowest BCUT2D eigenvalue weighted by atomic mass is 10.1. The topological polar surface area (TPSA) is 0 Å². The minimum Gasteiger partial charge on any atom is -0.0843 e. The quantitative estimate of drug-likeness (QED) is 0.596. The average molecular weight is 226 g/mol. The maximum atomic E-state index is 5.79. The van der Waals surface area contributed by atoms with Gasteiger partial charge >= 0.3 is 0 Å². The van der Waals surface area contributed by atoms with Crippen molar-refractivity contribution in [3.63, 3.8) is 0 Å². The first-order valence-electron chi connectivity index (χ1n) is 4.94. The highest BCUT2D eigenvalue weighted by Gasteiger charge is 1.88. The third kappa shape index (κ3) is 2.89. The van der Waals surface area contributed by atoms with E-state index in [1.165, 1.54) is 0 Å². The van der Waals surface area contributed by atoms with Gasteiger partial charge in [0.1, 0.15) is 0 Å². The summed E-state index contributed by atoms with van der Waals surface area (Å²) in [6.07, 6.45) is 0. The first-order chi connectivity index (χ1) is 7.74. The third-order valence-electron chi connectivity index (χ3n) is 2.15. The van der Waals surface area contributed by atoms with E-state index in [-0.39, 0.29) is 0 Å². The van der Waals surface area contributed by atoms with Crippen molar-refractivity contribution >= 4 is 11.6 Å². The van der Waals surface area contributed by atoms with E-state index in [9.17, 15) is 0 Å². The number of hydrogen-bond donors (Lipinski definition) is 0. The van der Waals surface area contributed by atoms with Gasteiger partial charge < -0.3 is 0 Å². The molecule has 0 aliphatic carbocycles. The Hall–Kier alpha value is -1.71. The molecule has 16 heavy (non-hydrogen) atoms. The third-order valence-corrected chi connectivity index (χ3v) is 2.40. The SMILES string of the molecule is [CH2]c1ccc(C#Cc2ccc(Cl)cc2)cc1. The molecule has 0 heterocycles. The lowest BCUT2D eigenvalue weighted by Gasteiger charge is -1.92. The normalized spacial score (nSPS) is 9.38. The fraction of sp³-hybridized carbons (Fsp3) is 0. The fourth-order valence-electron chi connectivity index (χ4n) is 1.27. The zero-order valence-electron chi connectivity index (χ0n) is 8.70. The maximum Gasteiger partial charge on any atom is 0.0406 e. The van der Waals surface area contributed by atoms with Crippen LogP contribution in [0.4, 0.5) is 0 Å². The summed E-state index contributed by atoms with van der Waals surface area (Å²) in [7, 11) is 0. The van der Waals surface area contributed by atoms with Crippen molar-refractivity contribution in [2.45, 2.75) is 0 Å². The Bertz CT molecular complexity index is 475. The van der Waals surface area contributed by atoms with E-state index < -0.39 is 0 Å². The smallest absolute Gasteiger partial charge is 0.0406 e. The van der Waals surface area contributed by atoms with Gasteiger partial charge in [0, 0.05) is 16.1 Å². The Kier molecular flexibility index (Phi) is 3.29. The van der Waals surface area contributed by atoms with Crippen LogP contribution < -0.4 is 0 Å². The average Bonchev–Trinajstić information content (AvgIpc) is 2.30. The summed E-state index contributed by atoms with van der Waals surface area (Å²) in [4.78, 5) is 0. The zero-order valence-corrected chi connectivity index (χ0v) is 9.46. The van der Waals surface area contributed by atoms with E-state index in [1.807, 2.05) is 48.5 Å². The largest absolute Gasteiger partial charge is 0.0843 e. The Labute approximate surface area is 101 Å². The molecule has 0 saturated heterocycles. The molecule has 2 rings (SSSR count). The molecule has 0 unspecified atom stereocenters. The van der Waals surface area contributed by atoms with E-state index >= 15 is 0 Å². The molecule has 0 amide bonds. The van der Waals surface area contributed by atoms with Gasteiger partial charge in [-0.25, -0.2) is 0 Å². The molecule has 2 aromatic carbocycles. The first kappa shape index (κ1) is 10.8. The van der Waals surface area contributed by atoms with Crippen molar-refractivity contribution in [2.24, 2.45) is 0 Å². The van der Waals surface area contributed by atoms with Crippen LogP contribution in [0.15, 0.2) is 48.5 Å². The number of halogens is 1. The van der Waals surface area contributed by atoms with Crippen LogP contribution >= 0.6 is 11.6 Å². The summed E-state index contributed by atoms with van der Waals surface area (Å²) >= 11 is 5.79. The first-order valence-corrected chi connectivity index (χ1v) is 5.31. The van der Waals surface area contributed by atoms with E-state index in [1.54, 1.807) is 0 Å². The maximum absolute atomic E-state index is 5.79. The van der Waals surface area contributed by atoms with Crippen LogP contribution in [0.25, 0.3) is 0 Å². The molecule has 0 atom stereocenters. The molecule has 1 heteroatoms. The summed E-state index contributed by atoms with van der Waals surface area (Å²) < 4.78 is 0. The van der Waals surface area contributed by atoms with E-state index in [2.05, 4.69) is 18.8 Å². The van der Waals surface area contributed by atoms with Gasteiger partial charge in [-0.1, -0.05) is 35.6 Å². The van der Waals surface area contributed by atoms with Gasteiger partial charge in [-0.3, -0.25) is 0 Å². The molecule has 77 valence electrons. The summed E-state index contributed by atoms with van der Waals surface area (Å²) in [6.45, 7) is 3.83. The Morgan fingerprint density at radius 1 is 0.750 bits per heavy atom. The second kappa shape index (κ2) is 4.88. The summed E-state index contributed by atoms with van der Waals surface area (Å²) in [5.41, 5.74) is 2.95. The molecule has 0 aliphatic heterocycles. The predicted octanol–water partition coefficient (Wildman–Crippen LogP) is 3.92. The van der Waals surface area contributed by atoms with Crippen molar-refractivity contribution in [1.29, 1.82) is 0 Å². The van der Waals surface area contributed by atoms with E-state index in [0.717, 1.165) is 21.7 Å². The van der Waals surface area contributed by atoms with Gasteiger partial charge in [-0.15, -0.1) is 0 Å². The minimum absolute atomic E-state index is 0.729. The molecule has 0 spiro atoms. The van der Waals surface area contributed by atoms with Crippen molar-refractivity contribution in [3.8, 4) is 11.8 Å². The zero-order chi connectivity index (χ0) is 11.4. The number of rotatable bonds is 0. The molecule has 0 aliphatic rings. The molecule has 0 bridgehead atoms. The Balaban J connectivity index is 2.21. The van der Waals surface area contributed by atoms with Crippen LogP contribution in [0, 0.1) is 18.8 Å². The Morgan fingerprint density at radius 3 is 1.69 bits per heavy atom. The van der Waals surface area contributed by atoms with Crippen molar-refractivity contribution in [2.75, 3.05) is 0 Å². The van der Waals surface area contributed by atoms with Gasteiger partial charge in [0.05, 0.1) is 0 Å². The van der Waals surface area contributed by atoms with Gasteiger partial charge in [0.25, 0.3) is 0 Å². The Morgan fingerprint density at radius 2 is 1.19 bits per heavy atom. The van der Waals surface area contributed by atoms with Crippen molar-refractivity contribution in [3.05, 3.63) is 77.2 Å². The molecule has 0 N–H and O–H groups in total. The highest BCUT2D eigenvalue weighted by molar-refractivity contribution is 6.30. The molecule has 1 radical (unpaired) electrons. The molecule has 0 fully saturated rings. The fourth-order valence-corrected chi connectivity index (χ4v) is 1.39. The lowest BCUT2D eigenvalue weighted by Crippen LogP contribution is -1.76. The van der Waals surface area contributed by atoms with E-state index in [0.29, 0.717) is 0 Å². The number of hydrogen-bond acceptors (Lipinski definition) is 0. The minimum atomic E-state index is 0.729. The van der Waals surface area contributed by atoms with Crippen LogP contribution in [0.5, 0.6) is 0 Å². The predicted molar refractivity (Wildman–Crippen MR) is 68.3 cm³/mol. The van der Waals surface area contributed by atoms with Crippen LogP contribution in [0.3, 0.4) is 0 Å². The van der Waals surface area contributed by atoms with E-state index in [4.69, 9.17) is 11.6 Å². The van der Waals surface area contributed by atoms with Gasteiger partial charge in [-0.2, -0.15) is 0 Å². The lowest BCUT2D eigenvalue weighted by molar-refractivity contribution is 1.57. The van der Waals surface area contributed by atoms with Crippen LogP contribution in [0.2, 0.25) is 5.02 Å². The van der Waals surface area contributed by atoms with Crippen LogP contribution in [-0.2, 0) is 0 Å². The number of benzene rings is 2. The molecular weight excluding hydrogens is 216 g/mol. The highest BCUT2D eigenvalue weighted by Crippen LogP contribution is 2.08. The summed E-state index contributed by atoms with van der Waals surface area (Å²) in [5.74, 6) is 6.17. The molecular formula is C15H10Cl. The standard InChI is InChI=1S/C15H10Cl/c1-12-2-4-13(5-3-12)6-7-14-8-10-15(16)11-9-14/h2-5,8-11H,1H2.